The zero-order valence-corrected chi connectivity index (χ0v) is 12.5. The SMILES string of the molecule is CC1CCCC(CCl)(Nc2nncc3ccccc23)C1. The molecule has 0 amide bonds. The highest BCUT2D eigenvalue weighted by atomic mass is 35.5. The Hall–Kier alpha value is -1.35. The maximum Gasteiger partial charge on any atom is 0.157 e. The molecule has 3 nitrogen and oxygen atoms in total. The van der Waals surface area contributed by atoms with E-state index in [-0.39, 0.29) is 5.54 Å². The van der Waals surface area contributed by atoms with E-state index >= 15 is 0 Å². The molecule has 1 aliphatic carbocycles. The van der Waals surface area contributed by atoms with Gasteiger partial charge in [0.1, 0.15) is 0 Å². The Labute approximate surface area is 124 Å². The van der Waals surface area contributed by atoms with Gasteiger partial charge in [-0.1, -0.05) is 44.0 Å². The number of halogens is 1. The third-order valence-electron chi connectivity index (χ3n) is 4.30. The summed E-state index contributed by atoms with van der Waals surface area (Å²) in [6, 6.07) is 8.20. The summed E-state index contributed by atoms with van der Waals surface area (Å²) in [5, 5.41) is 14.2. The van der Waals surface area contributed by atoms with Gasteiger partial charge in [0.15, 0.2) is 5.82 Å². The Morgan fingerprint density at radius 1 is 1.40 bits per heavy atom. The summed E-state index contributed by atoms with van der Waals surface area (Å²) < 4.78 is 0. The average Bonchev–Trinajstić information content (AvgIpc) is 2.48. The van der Waals surface area contributed by atoms with Crippen molar-refractivity contribution >= 4 is 28.2 Å². The Bertz CT molecular complexity index is 596. The fraction of sp³-hybridized carbons (Fsp3) is 0.500. The number of nitrogens with zero attached hydrogens (tertiary/aromatic N) is 2. The number of hydrogen-bond acceptors (Lipinski definition) is 3. The van der Waals surface area contributed by atoms with E-state index in [1.807, 2.05) is 12.1 Å². The topological polar surface area (TPSA) is 37.8 Å². The second kappa shape index (κ2) is 5.57. The Balaban J connectivity index is 1.95. The first kappa shape index (κ1) is 13.6. The molecule has 2 unspecified atom stereocenters. The zero-order valence-electron chi connectivity index (χ0n) is 11.8. The minimum atomic E-state index is -0.0436. The van der Waals surface area contributed by atoms with Gasteiger partial charge in [0, 0.05) is 16.7 Å². The van der Waals surface area contributed by atoms with Gasteiger partial charge in [-0.3, -0.25) is 0 Å². The van der Waals surface area contributed by atoms with Crippen molar-refractivity contribution < 1.29 is 0 Å². The number of anilines is 1. The summed E-state index contributed by atoms with van der Waals surface area (Å²) in [5.74, 6) is 2.18. The predicted octanol–water partition coefficient (Wildman–Crippen LogP) is 4.23. The van der Waals surface area contributed by atoms with Gasteiger partial charge in [0.25, 0.3) is 0 Å². The molecule has 1 saturated carbocycles. The number of fused-ring (bicyclic) bond motifs is 1. The van der Waals surface area contributed by atoms with Gasteiger partial charge in [0.05, 0.1) is 11.7 Å². The lowest BCUT2D eigenvalue weighted by molar-refractivity contribution is 0.279. The molecule has 0 saturated heterocycles. The zero-order chi connectivity index (χ0) is 14.0. The van der Waals surface area contributed by atoms with E-state index in [0.29, 0.717) is 11.8 Å². The molecule has 106 valence electrons. The van der Waals surface area contributed by atoms with Crippen LogP contribution in [0.1, 0.15) is 32.6 Å². The molecule has 20 heavy (non-hydrogen) atoms. The van der Waals surface area contributed by atoms with Crippen molar-refractivity contribution in [1.29, 1.82) is 0 Å². The van der Waals surface area contributed by atoms with Gasteiger partial charge in [-0.25, -0.2) is 0 Å². The van der Waals surface area contributed by atoms with Crippen LogP contribution in [0.25, 0.3) is 10.8 Å². The lowest BCUT2D eigenvalue weighted by Gasteiger charge is -2.39. The molecule has 1 aromatic heterocycles. The molecular formula is C16H20ClN3. The van der Waals surface area contributed by atoms with E-state index in [0.717, 1.165) is 29.4 Å². The van der Waals surface area contributed by atoms with E-state index in [1.165, 1.54) is 12.8 Å². The maximum absolute atomic E-state index is 6.29. The summed E-state index contributed by atoms with van der Waals surface area (Å²) in [5.41, 5.74) is -0.0436. The minimum Gasteiger partial charge on any atom is -0.361 e. The molecule has 1 fully saturated rings. The number of aromatic nitrogens is 2. The molecule has 0 spiro atoms. The highest BCUT2D eigenvalue weighted by Gasteiger charge is 2.34. The van der Waals surface area contributed by atoms with Gasteiger partial charge in [-0.2, -0.15) is 5.10 Å². The number of rotatable bonds is 3. The monoisotopic (exact) mass is 289 g/mol. The standard InChI is InChI=1S/C16H20ClN3/c1-12-5-4-8-16(9-12,11-17)19-15-14-7-3-2-6-13(14)10-18-20-15/h2-3,6-7,10,12H,4-5,8-9,11H2,1H3,(H,19,20). The Kier molecular flexibility index (Phi) is 3.79. The molecule has 1 aliphatic rings. The first-order chi connectivity index (χ1) is 9.72. The van der Waals surface area contributed by atoms with Crippen LogP contribution >= 0.6 is 11.6 Å². The predicted molar refractivity (Wildman–Crippen MR) is 84.2 cm³/mol. The largest absolute Gasteiger partial charge is 0.361 e. The number of alkyl halides is 1. The summed E-state index contributed by atoms with van der Waals surface area (Å²) in [6.07, 6.45) is 6.52. The van der Waals surface area contributed by atoms with E-state index in [9.17, 15) is 0 Å². The lowest BCUT2D eigenvalue weighted by atomic mass is 9.77. The first-order valence-corrected chi connectivity index (χ1v) is 7.80. The summed E-state index contributed by atoms with van der Waals surface area (Å²) >= 11 is 6.29. The van der Waals surface area contributed by atoms with Crippen LogP contribution in [-0.4, -0.2) is 21.6 Å². The van der Waals surface area contributed by atoms with Gasteiger partial charge >= 0.3 is 0 Å². The van der Waals surface area contributed by atoms with E-state index in [2.05, 4.69) is 34.6 Å². The average molecular weight is 290 g/mol. The van der Waals surface area contributed by atoms with Crippen molar-refractivity contribution in [2.45, 2.75) is 38.1 Å². The van der Waals surface area contributed by atoms with Crippen LogP contribution in [0.15, 0.2) is 30.5 Å². The fourth-order valence-corrected chi connectivity index (χ4v) is 3.61. The maximum atomic E-state index is 6.29. The molecule has 1 N–H and O–H groups in total. The minimum absolute atomic E-state index is 0.0436. The van der Waals surface area contributed by atoms with Crippen LogP contribution in [0.5, 0.6) is 0 Å². The van der Waals surface area contributed by atoms with Gasteiger partial charge in [-0.15, -0.1) is 16.7 Å². The number of hydrogen-bond donors (Lipinski definition) is 1. The normalized spacial score (nSPS) is 26.6. The van der Waals surface area contributed by atoms with Crippen LogP contribution in [0.3, 0.4) is 0 Å². The van der Waals surface area contributed by atoms with Gasteiger partial charge < -0.3 is 5.32 Å². The summed E-state index contributed by atoms with van der Waals surface area (Å²) in [6.45, 7) is 2.30. The molecular weight excluding hydrogens is 270 g/mol. The van der Waals surface area contributed by atoms with Crippen LogP contribution in [0, 0.1) is 5.92 Å². The molecule has 0 radical (unpaired) electrons. The van der Waals surface area contributed by atoms with Crippen molar-refractivity contribution in [2.24, 2.45) is 5.92 Å². The van der Waals surface area contributed by atoms with Crippen LogP contribution in [0.4, 0.5) is 5.82 Å². The van der Waals surface area contributed by atoms with Crippen molar-refractivity contribution in [1.82, 2.24) is 10.2 Å². The van der Waals surface area contributed by atoms with Crippen LogP contribution in [0.2, 0.25) is 0 Å². The second-order valence-electron chi connectivity index (χ2n) is 6.02. The molecule has 2 aromatic rings. The second-order valence-corrected chi connectivity index (χ2v) is 6.29. The summed E-state index contributed by atoms with van der Waals surface area (Å²) in [4.78, 5) is 0. The van der Waals surface area contributed by atoms with Gasteiger partial charge in [-0.05, 0) is 18.8 Å². The first-order valence-electron chi connectivity index (χ1n) is 7.27. The van der Waals surface area contributed by atoms with Crippen LogP contribution in [-0.2, 0) is 0 Å². The van der Waals surface area contributed by atoms with Crippen molar-refractivity contribution in [3.05, 3.63) is 30.5 Å². The van der Waals surface area contributed by atoms with Crippen molar-refractivity contribution in [3.8, 4) is 0 Å². The third-order valence-corrected chi connectivity index (χ3v) is 4.81. The molecule has 0 aliphatic heterocycles. The third kappa shape index (κ3) is 2.59. The van der Waals surface area contributed by atoms with E-state index < -0.39 is 0 Å². The highest BCUT2D eigenvalue weighted by molar-refractivity contribution is 6.19. The summed E-state index contributed by atoms with van der Waals surface area (Å²) in [7, 11) is 0. The molecule has 4 heteroatoms. The molecule has 1 heterocycles. The molecule has 2 atom stereocenters. The molecule has 0 bridgehead atoms. The van der Waals surface area contributed by atoms with Crippen LogP contribution < -0.4 is 5.32 Å². The Morgan fingerprint density at radius 2 is 2.25 bits per heavy atom. The number of nitrogens with one attached hydrogen (secondary N) is 1. The van der Waals surface area contributed by atoms with Gasteiger partial charge in [0.2, 0.25) is 0 Å². The smallest absolute Gasteiger partial charge is 0.157 e. The molecule has 1 aromatic carbocycles. The lowest BCUT2D eigenvalue weighted by Crippen LogP contribution is -2.44. The van der Waals surface area contributed by atoms with E-state index in [1.54, 1.807) is 6.20 Å². The fourth-order valence-electron chi connectivity index (χ4n) is 3.30. The van der Waals surface area contributed by atoms with Crippen molar-refractivity contribution in [2.75, 3.05) is 11.2 Å². The Morgan fingerprint density at radius 3 is 3.05 bits per heavy atom. The van der Waals surface area contributed by atoms with E-state index in [4.69, 9.17) is 11.6 Å². The highest BCUT2D eigenvalue weighted by Crippen LogP contribution is 2.36. The quantitative estimate of drug-likeness (QED) is 0.859. The number of benzene rings is 1. The molecule has 3 rings (SSSR count). The van der Waals surface area contributed by atoms with Crippen molar-refractivity contribution in [3.63, 3.8) is 0 Å².